The molecule has 2 N–H and O–H groups in total. The second-order valence-electron chi connectivity index (χ2n) is 6.02. The van der Waals surface area contributed by atoms with E-state index in [2.05, 4.69) is 31.9 Å². The Morgan fingerprint density at radius 1 is 1.04 bits per heavy atom. The number of hydrogen-bond acceptors (Lipinski definition) is 7. The van der Waals surface area contributed by atoms with E-state index in [-0.39, 0.29) is 0 Å². The highest BCUT2D eigenvalue weighted by molar-refractivity contribution is 5.65. The summed E-state index contributed by atoms with van der Waals surface area (Å²) in [4.78, 5) is 4.46. The van der Waals surface area contributed by atoms with Crippen molar-refractivity contribution in [3.63, 3.8) is 0 Å². The average molecular weight is 365 g/mol. The van der Waals surface area contributed by atoms with Crippen molar-refractivity contribution < 1.29 is 9.47 Å². The van der Waals surface area contributed by atoms with Gasteiger partial charge in [-0.1, -0.05) is 18.2 Å². The van der Waals surface area contributed by atoms with Crippen LogP contribution in [-0.2, 0) is 6.42 Å². The topological polar surface area (TPSA) is 81.2 Å². The van der Waals surface area contributed by atoms with Crippen LogP contribution in [-0.4, -0.2) is 35.9 Å². The van der Waals surface area contributed by atoms with Crippen molar-refractivity contribution in [1.29, 1.82) is 0 Å². The molecule has 0 aliphatic heterocycles. The minimum absolute atomic E-state index is 0.467. The summed E-state index contributed by atoms with van der Waals surface area (Å²) in [6, 6.07) is 13.9. The maximum absolute atomic E-state index is 5.38. The number of aromatic nitrogens is 3. The summed E-state index contributed by atoms with van der Waals surface area (Å²) in [6.07, 6.45) is 2.40. The first-order valence-corrected chi connectivity index (χ1v) is 8.66. The fraction of sp³-hybridized carbons (Fsp3) is 0.250. The van der Waals surface area contributed by atoms with Gasteiger partial charge in [0.05, 0.1) is 26.1 Å². The third kappa shape index (κ3) is 5.07. The Balaban J connectivity index is 1.63. The molecule has 27 heavy (non-hydrogen) atoms. The van der Waals surface area contributed by atoms with Gasteiger partial charge in [-0.05, 0) is 48.7 Å². The first-order valence-electron chi connectivity index (χ1n) is 8.66. The molecule has 0 fully saturated rings. The number of nitrogens with one attached hydrogen (secondary N) is 2. The molecule has 3 aromatic rings. The fourth-order valence-corrected chi connectivity index (χ4v) is 2.64. The number of ether oxygens (including phenoxy) is 2. The number of nitrogens with zero attached hydrogens (tertiary/aromatic N) is 3. The Morgan fingerprint density at radius 2 is 1.93 bits per heavy atom. The summed E-state index contributed by atoms with van der Waals surface area (Å²) in [5, 5.41) is 14.5. The van der Waals surface area contributed by atoms with E-state index in [4.69, 9.17) is 9.47 Å². The molecule has 0 bridgehead atoms. The molecule has 2 aromatic carbocycles. The zero-order valence-electron chi connectivity index (χ0n) is 15.7. The van der Waals surface area contributed by atoms with Crippen LogP contribution in [0.25, 0.3) is 0 Å². The van der Waals surface area contributed by atoms with Crippen LogP contribution in [0.3, 0.4) is 0 Å². The number of benzene rings is 2. The van der Waals surface area contributed by atoms with E-state index in [1.54, 1.807) is 20.4 Å². The van der Waals surface area contributed by atoms with Gasteiger partial charge in [0, 0.05) is 6.54 Å². The molecular weight excluding hydrogens is 342 g/mol. The third-order valence-corrected chi connectivity index (χ3v) is 4.01. The molecule has 0 aliphatic carbocycles. The van der Waals surface area contributed by atoms with Gasteiger partial charge in [0.2, 0.25) is 5.95 Å². The first kappa shape index (κ1) is 18.4. The average Bonchev–Trinajstić information content (AvgIpc) is 2.69. The molecule has 3 rings (SSSR count). The van der Waals surface area contributed by atoms with Crippen LogP contribution < -0.4 is 20.1 Å². The number of methoxy groups -OCH3 is 2. The lowest BCUT2D eigenvalue weighted by Gasteiger charge is -2.12. The molecule has 1 heterocycles. The van der Waals surface area contributed by atoms with E-state index in [0.29, 0.717) is 18.3 Å². The summed E-state index contributed by atoms with van der Waals surface area (Å²) < 4.78 is 10.6. The number of rotatable bonds is 8. The predicted molar refractivity (Wildman–Crippen MR) is 106 cm³/mol. The quantitative estimate of drug-likeness (QED) is 0.631. The van der Waals surface area contributed by atoms with Crippen LogP contribution in [0.15, 0.2) is 48.7 Å². The molecular formula is C20H23N5O2. The summed E-state index contributed by atoms with van der Waals surface area (Å²) in [7, 11) is 3.30. The van der Waals surface area contributed by atoms with E-state index >= 15 is 0 Å². The van der Waals surface area contributed by atoms with E-state index in [1.165, 1.54) is 5.56 Å². The molecule has 0 spiro atoms. The van der Waals surface area contributed by atoms with E-state index in [0.717, 1.165) is 29.2 Å². The molecule has 7 nitrogen and oxygen atoms in total. The Hall–Kier alpha value is -3.35. The molecule has 0 amide bonds. The number of anilines is 3. The smallest absolute Gasteiger partial charge is 0.244 e. The maximum atomic E-state index is 5.38. The van der Waals surface area contributed by atoms with Crippen molar-refractivity contribution in [2.45, 2.75) is 13.3 Å². The van der Waals surface area contributed by atoms with Crippen LogP contribution in [0, 0.1) is 6.92 Å². The summed E-state index contributed by atoms with van der Waals surface area (Å²) >= 11 is 0. The molecule has 1 aromatic heterocycles. The van der Waals surface area contributed by atoms with Crippen LogP contribution in [0.5, 0.6) is 11.5 Å². The Morgan fingerprint density at radius 3 is 2.74 bits per heavy atom. The first-order chi connectivity index (χ1) is 13.2. The molecule has 7 heteroatoms. The highest BCUT2D eigenvalue weighted by atomic mass is 16.5. The zero-order valence-corrected chi connectivity index (χ0v) is 15.7. The fourth-order valence-electron chi connectivity index (χ4n) is 2.64. The second-order valence-corrected chi connectivity index (χ2v) is 6.02. The molecule has 0 saturated heterocycles. The molecule has 0 unspecified atom stereocenters. The zero-order chi connectivity index (χ0) is 19.1. The van der Waals surface area contributed by atoms with Gasteiger partial charge < -0.3 is 20.1 Å². The van der Waals surface area contributed by atoms with Crippen LogP contribution in [0.2, 0.25) is 0 Å². The highest BCUT2D eigenvalue weighted by Crippen LogP contribution is 2.27. The summed E-state index contributed by atoms with van der Waals surface area (Å²) in [5.74, 6) is 2.66. The van der Waals surface area contributed by atoms with Gasteiger partial charge in [-0.2, -0.15) is 10.1 Å². The van der Waals surface area contributed by atoms with Gasteiger partial charge in [-0.15, -0.1) is 5.10 Å². The van der Waals surface area contributed by atoms with Crippen LogP contribution in [0.1, 0.15) is 11.1 Å². The highest BCUT2D eigenvalue weighted by Gasteiger charge is 2.06. The number of hydrogen-bond donors (Lipinski definition) is 2. The monoisotopic (exact) mass is 365 g/mol. The standard InChI is InChI=1S/C20H23N5O2/c1-14-7-8-18(27-3)17(11-14)23-19-13-22-25-20(24-19)21-10-9-15-5-4-6-16(12-15)26-2/h4-8,11-13H,9-10H2,1-3H3,(H2,21,23,24,25). The lowest BCUT2D eigenvalue weighted by atomic mass is 10.1. The van der Waals surface area contributed by atoms with E-state index in [1.807, 2.05) is 43.3 Å². The predicted octanol–water partition coefficient (Wildman–Crippen LogP) is 3.60. The SMILES string of the molecule is COc1cccc(CCNc2nncc(Nc3cc(C)ccc3OC)n2)c1. The van der Waals surface area contributed by atoms with Crippen LogP contribution in [0.4, 0.5) is 17.5 Å². The Bertz CT molecular complexity index is 901. The van der Waals surface area contributed by atoms with Gasteiger partial charge in [0.1, 0.15) is 11.5 Å². The molecule has 0 atom stereocenters. The molecule has 0 aliphatic rings. The van der Waals surface area contributed by atoms with Gasteiger partial charge in [0.15, 0.2) is 5.82 Å². The van der Waals surface area contributed by atoms with Crippen molar-refractivity contribution in [2.75, 3.05) is 31.4 Å². The minimum Gasteiger partial charge on any atom is -0.497 e. The normalized spacial score (nSPS) is 10.3. The molecule has 0 saturated carbocycles. The second kappa shape index (κ2) is 8.84. The third-order valence-electron chi connectivity index (χ3n) is 4.01. The largest absolute Gasteiger partial charge is 0.497 e. The van der Waals surface area contributed by atoms with Crippen molar-refractivity contribution in [1.82, 2.24) is 15.2 Å². The van der Waals surface area contributed by atoms with Gasteiger partial charge >= 0.3 is 0 Å². The van der Waals surface area contributed by atoms with Gasteiger partial charge in [-0.25, -0.2) is 0 Å². The van der Waals surface area contributed by atoms with Crippen molar-refractivity contribution in [3.8, 4) is 11.5 Å². The summed E-state index contributed by atoms with van der Waals surface area (Å²) in [5.41, 5.74) is 3.13. The van der Waals surface area contributed by atoms with Gasteiger partial charge in [-0.3, -0.25) is 0 Å². The van der Waals surface area contributed by atoms with E-state index in [9.17, 15) is 0 Å². The van der Waals surface area contributed by atoms with Crippen molar-refractivity contribution in [3.05, 3.63) is 59.8 Å². The molecule has 0 radical (unpaired) electrons. The van der Waals surface area contributed by atoms with Gasteiger partial charge in [0.25, 0.3) is 0 Å². The van der Waals surface area contributed by atoms with Crippen LogP contribution >= 0.6 is 0 Å². The van der Waals surface area contributed by atoms with Crippen molar-refractivity contribution in [2.24, 2.45) is 0 Å². The summed E-state index contributed by atoms with van der Waals surface area (Å²) in [6.45, 7) is 2.71. The minimum atomic E-state index is 0.467. The lowest BCUT2D eigenvalue weighted by molar-refractivity contribution is 0.414. The van der Waals surface area contributed by atoms with E-state index < -0.39 is 0 Å². The molecule has 140 valence electrons. The Labute approximate surface area is 158 Å². The van der Waals surface area contributed by atoms with Crippen molar-refractivity contribution >= 4 is 17.5 Å². The Kier molecular flexibility index (Phi) is 6.04. The maximum Gasteiger partial charge on any atom is 0.244 e. The lowest BCUT2D eigenvalue weighted by Crippen LogP contribution is -2.10. The number of aryl methyl sites for hydroxylation is 1.